The van der Waals surface area contributed by atoms with Crippen LogP contribution in [0, 0.1) is 5.41 Å². The lowest BCUT2D eigenvalue weighted by Crippen LogP contribution is -2.59. The highest BCUT2D eigenvalue weighted by atomic mass is 15.2. The summed E-state index contributed by atoms with van der Waals surface area (Å²) < 4.78 is 0. The van der Waals surface area contributed by atoms with E-state index in [9.17, 15) is 0 Å². The molecular weight excluding hydrogens is 208 g/mol. The quantitative estimate of drug-likeness (QED) is 0.861. The summed E-state index contributed by atoms with van der Waals surface area (Å²) in [7, 11) is 0. The van der Waals surface area contributed by atoms with Gasteiger partial charge in [-0.25, -0.2) is 0 Å². The number of nitrogens with zero attached hydrogens (tertiary/aromatic N) is 1. The van der Waals surface area contributed by atoms with Gasteiger partial charge in [-0.3, -0.25) is 0 Å². The predicted octanol–water partition coefficient (Wildman–Crippen LogP) is 2.56. The average molecular weight is 230 g/mol. The highest BCUT2D eigenvalue weighted by Crippen LogP contribution is 2.48. The minimum atomic E-state index is 0.203. The summed E-state index contributed by atoms with van der Waals surface area (Å²) in [5.41, 5.74) is 8.23. The lowest BCUT2D eigenvalue weighted by molar-refractivity contribution is -0.0604. The van der Waals surface area contributed by atoms with E-state index in [0.29, 0.717) is 0 Å². The van der Waals surface area contributed by atoms with E-state index in [4.69, 9.17) is 5.73 Å². The van der Waals surface area contributed by atoms with Crippen molar-refractivity contribution in [2.45, 2.75) is 31.7 Å². The topological polar surface area (TPSA) is 29.3 Å². The molecule has 2 heteroatoms. The third kappa shape index (κ3) is 2.24. The largest absolute Gasteiger partial charge is 0.324 e. The van der Waals surface area contributed by atoms with Crippen LogP contribution in [0.3, 0.4) is 0 Å². The van der Waals surface area contributed by atoms with Crippen molar-refractivity contribution in [3.63, 3.8) is 0 Å². The molecule has 1 unspecified atom stereocenters. The van der Waals surface area contributed by atoms with E-state index < -0.39 is 0 Å². The summed E-state index contributed by atoms with van der Waals surface area (Å²) in [5, 5.41) is 0. The van der Waals surface area contributed by atoms with Gasteiger partial charge in [0.2, 0.25) is 0 Å². The fourth-order valence-electron chi connectivity index (χ4n) is 3.24. The van der Waals surface area contributed by atoms with Crippen molar-refractivity contribution >= 4 is 0 Å². The van der Waals surface area contributed by atoms with E-state index in [-0.39, 0.29) is 6.04 Å². The Hall–Kier alpha value is -0.860. The zero-order valence-corrected chi connectivity index (χ0v) is 10.4. The molecule has 1 atom stereocenters. The molecule has 0 bridgehead atoms. The molecular formula is C15H22N2. The zero-order chi connectivity index (χ0) is 11.7. The van der Waals surface area contributed by atoms with Crippen molar-refractivity contribution in [3.05, 3.63) is 35.9 Å². The van der Waals surface area contributed by atoms with E-state index in [1.54, 1.807) is 0 Å². The molecule has 1 aliphatic heterocycles. The summed E-state index contributed by atoms with van der Waals surface area (Å²) in [6.07, 6.45) is 5.47. The highest BCUT2D eigenvalue weighted by Gasteiger charge is 2.46. The maximum Gasteiger partial charge on any atom is 0.0307 e. The van der Waals surface area contributed by atoms with Crippen LogP contribution in [0.5, 0.6) is 0 Å². The Morgan fingerprint density at radius 1 is 1.18 bits per heavy atom. The van der Waals surface area contributed by atoms with Crippen molar-refractivity contribution in [3.8, 4) is 0 Å². The Morgan fingerprint density at radius 3 is 2.47 bits per heavy atom. The third-order valence-corrected chi connectivity index (χ3v) is 4.52. The minimum absolute atomic E-state index is 0.203. The first-order valence-electron chi connectivity index (χ1n) is 6.80. The number of benzene rings is 1. The van der Waals surface area contributed by atoms with Crippen molar-refractivity contribution < 1.29 is 0 Å². The molecule has 2 nitrogen and oxygen atoms in total. The Labute approximate surface area is 104 Å². The number of likely N-dealkylation sites (tertiary alicyclic amines) is 1. The molecule has 1 saturated heterocycles. The number of rotatable bonds is 4. The van der Waals surface area contributed by atoms with Crippen LogP contribution < -0.4 is 5.73 Å². The van der Waals surface area contributed by atoms with Gasteiger partial charge in [-0.05, 0) is 36.8 Å². The fourth-order valence-corrected chi connectivity index (χ4v) is 3.24. The van der Waals surface area contributed by atoms with Gasteiger partial charge in [-0.1, -0.05) is 36.8 Å². The summed E-state index contributed by atoms with van der Waals surface area (Å²) >= 11 is 0. The van der Waals surface area contributed by atoms with Gasteiger partial charge in [0.15, 0.2) is 0 Å². The second kappa shape index (κ2) is 4.43. The molecule has 0 radical (unpaired) electrons. The van der Waals surface area contributed by atoms with Crippen molar-refractivity contribution in [2.24, 2.45) is 11.1 Å². The second-order valence-corrected chi connectivity index (χ2v) is 5.87. The number of hydrogen-bond donors (Lipinski definition) is 1. The van der Waals surface area contributed by atoms with Crippen LogP contribution >= 0.6 is 0 Å². The third-order valence-electron chi connectivity index (χ3n) is 4.52. The molecule has 0 amide bonds. The first kappa shape index (κ1) is 11.2. The lowest BCUT2D eigenvalue weighted by Gasteiger charge is -2.56. The smallest absolute Gasteiger partial charge is 0.0307 e. The van der Waals surface area contributed by atoms with Crippen LogP contribution in [0.15, 0.2) is 30.3 Å². The molecule has 1 aliphatic carbocycles. The molecule has 2 N–H and O–H groups in total. The van der Waals surface area contributed by atoms with Crippen LogP contribution in [-0.4, -0.2) is 24.5 Å². The summed E-state index contributed by atoms with van der Waals surface area (Å²) in [5.74, 6) is 0. The zero-order valence-electron chi connectivity index (χ0n) is 10.4. The number of hydrogen-bond acceptors (Lipinski definition) is 2. The maximum absolute atomic E-state index is 6.21. The van der Waals surface area contributed by atoms with Crippen LogP contribution in [0.25, 0.3) is 0 Å². The molecule has 1 saturated carbocycles. The Kier molecular flexibility index (Phi) is 2.93. The molecule has 92 valence electrons. The molecule has 1 heterocycles. The molecule has 2 fully saturated rings. The lowest BCUT2D eigenvalue weighted by atomic mass is 9.63. The molecule has 17 heavy (non-hydrogen) atoms. The molecule has 2 aliphatic rings. The van der Waals surface area contributed by atoms with Gasteiger partial charge >= 0.3 is 0 Å². The van der Waals surface area contributed by atoms with Gasteiger partial charge < -0.3 is 10.6 Å². The molecule has 1 aromatic rings. The molecule has 3 rings (SSSR count). The van der Waals surface area contributed by atoms with Gasteiger partial charge in [0, 0.05) is 19.1 Å². The Balaban J connectivity index is 1.43. The van der Waals surface area contributed by atoms with E-state index >= 15 is 0 Å². The average Bonchev–Trinajstić information content (AvgIpc) is 2.26. The standard InChI is InChI=1S/C15H22N2/c16-14(13-5-2-1-3-6-13)7-10-17-11-15(12-17)8-4-9-15/h1-3,5-6,14H,4,7-12,16H2. The van der Waals surface area contributed by atoms with E-state index in [2.05, 4.69) is 29.2 Å². The van der Waals surface area contributed by atoms with Crippen LogP contribution in [-0.2, 0) is 0 Å². The van der Waals surface area contributed by atoms with Crippen molar-refractivity contribution in [1.29, 1.82) is 0 Å². The predicted molar refractivity (Wildman–Crippen MR) is 70.7 cm³/mol. The van der Waals surface area contributed by atoms with Gasteiger partial charge in [-0.2, -0.15) is 0 Å². The Bertz CT molecular complexity index is 362. The van der Waals surface area contributed by atoms with Gasteiger partial charge in [0.1, 0.15) is 0 Å². The first-order chi connectivity index (χ1) is 8.27. The van der Waals surface area contributed by atoms with Gasteiger partial charge in [0.25, 0.3) is 0 Å². The highest BCUT2D eigenvalue weighted by molar-refractivity contribution is 5.18. The second-order valence-electron chi connectivity index (χ2n) is 5.87. The normalized spacial score (nSPS) is 24.1. The summed E-state index contributed by atoms with van der Waals surface area (Å²) in [4.78, 5) is 2.57. The van der Waals surface area contributed by atoms with E-state index in [1.807, 2.05) is 6.07 Å². The van der Waals surface area contributed by atoms with E-state index in [0.717, 1.165) is 18.4 Å². The Morgan fingerprint density at radius 2 is 1.88 bits per heavy atom. The molecule has 1 aromatic carbocycles. The van der Waals surface area contributed by atoms with Crippen LogP contribution in [0.4, 0.5) is 0 Å². The van der Waals surface area contributed by atoms with Gasteiger partial charge in [-0.15, -0.1) is 0 Å². The van der Waals surface area contributed by atoms with Crippen LogP contribution in [0.2, 0.25) is 0 Å². The van der Waals surface area contributed by atoms with Crippen molar-refractivity contribution in [2.75, 3.05) is 19.6 Å². The number of nitrogens with two attached hydrogens (primary N) is 1. The SMILES string of the molecule is NC(CCN1CC2(CCC2)C1)c1ccccc1. The monoisotopic (exact) mass is 230 g/mol. The first-order valence-corrected chi connectivity index (χ1v) is 6.80. The summed E-state index contributed by atoms with van der Waals surface area (Å²) in [6.45, 7) is 3.82. The van der Waals surface area contributed by atoms with Crippen molar-refractivity contribution in [1.82, 2.24) is 4.90 Å². The van der Waals surface area contributed by atoms with Gasteiger partial charge in [0.05, 0.1) is 0 Å². The maximum atomic E-state index is 6.21. The fraction of sp³-hybridized carbons (Fsp3) is 0.600. The van der Waals surface area contributed by atoms with Crippen LogP contribution in [0.1, 0.15) is 37.3 Å². The molecule has 1 spiro atoms. The minimum Gasteiger partial charge on any atom is -0.324 e. The van der Waals surface area contributed by atoms with E-state index in [1.165, 1.54) is 37.9 Å². The summed E-state index contributed by atoms with van der Waals surface area (Å²) in [6, 6.07) is 10.7. The molecule has 0 aromatic heterocycles.